The van der Waals surface area contributed by atoms with E-state index < -0.39 is 11.9 Å². The van der Waals surface area contributed by atoms with E-state index in [1.165, 1.54) is 6.20 Å². The number of hydrogen-bond donors (Lipinski definition) is 2. The number of carboxylic acid groups (broad SMARTS) is 1. The SMILES string of the molecule is O=C(NCC(C(=O)O)c1ccccc1)c1cncc(Br)c1. The number of aliphatic carboxylic acids is 1. The van der Waals surface area contributed by atoms with Crippen LogP contribution in [0.15, 0.2) is 53.3 Å². The number of carbonyl (C=O) groups is 2. The second-order valence-corrected chi connectivity index (χ2v) is 5.32. The molecular formula is C15H13BrN2O3. The summed E-state index contributed by atoms with van der Waals surface area (Å²) in [6.07, 6.45) is 3.00. The van der Waals surface area contributed by atoms with Crippen LogP contribution in [0.4, 0.5) is 0 Å². The van der Waals surface area contributed by atoms with Gasteiger partial charge in [0.05, 0.1) is 11.5 Å². The predicted molar refractivity (Wildman–Crippen MR) is 81.1 cm³/mol. The normalized spacial score (nSPS) is 11.7. The summed E-state index contributed by atoms with van der Waals surface area (Å²) in [5.74, 6) is -2.12. The Balaban J connectivity index is 2.06. The summed E-state index contributed by atoms with van der Waals surface area (Å²) in [6, 6.07) is 10.4. The molecule has 0 aliphatic rings. The lowest BCUT2D eigenvalue weighted by molar-refractivity contribution is -0.138. The van der Waals surface area contributed by atoms with E-state index in [0.29, 0.717) is 15.6 Å². The van der Waals surface area contributed by atoms with Gasteiger partial charge in [-0.3, -0.25) is 14.6 Å². The first-order valence-corrected chi connectivity index (χ1v) is 7.03. The molecule has 1 heterocycles. The Morgan fingerprint density at radius 2 is 1.95 bits per heavy atom. The van der Waals surface area contributed by atoms with Crippen LogP contribution in [-0.4, -0.2) is 28.5 Å². The lowest BCUT2D eigenvalue weighted by Gasteiger charge is -2.13. The Morgan fingerprint density at radius 3 is 2.57 bits per heavy atom. The highest BCUT2D eigenvalue weighted by molar-refractivity contribution is 9.10. The number of nitrogens with zero attached hydrogens (tertiary/aromatic N) is 1. The largest absolute Gasteiger partial charge is 0.481 e. The van der Waals surface area contributed by atoms with Gasteiger partial charge in [-0.1, -0.05) is 30.3 Å². The lowest BCUT2D eigenvalue weighted by atomic mass is 9.99. The first-order chi connectivity index (χ1) is 10.1. The minimum atomic E-state index is -0.978. The number of nitrogens with one attached hydrogen (secondary N) is 1. The number of rotatable bonds is 5. The summed E-state index contributed by atoms with van der Waals surface area (Å²) < 4.78 is 0.688. The third-order valence-corrected chi connectivity index (χ3v) is 3.37. The van der Waals surface area contributed by atoms with E-state index in [-0.39, 0.29) is 12.5 Å². The second-order valence-electron chi connectivity index (χ2n) is 4.40. The number of hydrogen-bond acceptors (Lipinski definition) is 3. The average molecular weight is 349 g/mol. The van der Waals surface area contributed by atoms with Crippen molar-refractivity contribution in [3.63, 3.8) is 0 Å². The van der Waals surface area contributed by atoms with Gasteiger partial charge in [0.1, 0.15) is 0 Å². The third kappa shape index (κ3) is 4.13. The molecule has 0 fully saturated rings. The molecule has 2 aromatic rings. The molecule has 1 aromatic carbocycles. The van der Waals surface area contributed by atoms with Crippen molar-refractivity contribution in [3.05, 3.63) is 64.4 Å². The fourth-order valence-electron chi connectivity index (χ4n) is 1.87. The smallest absolute Gasteiger partial charge is 0.312 e. The topological polar surface area (TPSA) is 79.3 Å². The molecule has 0 aliphatic heterocycles. The van der Waals surface area contributed by atoms with Crippen molar-refractivity contribution in [1.29, 1.82) is 0 Å². The van der Waals surface area contributed by atoms with E-state index in [1.54, 1.807) is 36.5 Å². The zero-order valence-corrected chi connectivity index (χ0v) is 12.6. The molecule has 2 N–H and O–H groups in total. The summed E-state index contributed by atoms with van der Waals surface area (Å²) in [4.78, 5) is 27.2. The average Bonchev–Trinajstić information content (AvgIpc) is 2.48. The fraction of sp³-hybridized carbons (Fsp3) is 0.133. The Bertz CT molecular complexity index is 646. The number of benzene rings is 1. The van der Waals surface area contributed by atoms with Crippen LogP contribution in [0.5, 0.6) is 0 Å². The second kappa shape index (κ2) is 6.99. The minimum Gasteiger partial charge on any atom is -0.481 e. The number of carbonyl (C=O) groups excluding carboxylic acids is 1. The van der Waals surface area contributed by atoms with Gasteiger partial charge in [-0.2, -0.15) is 0 Å². The highest BCUT2D eigenvalue weighted by atomic mass is 79.9. The lowest BCUT2D eigenvalue weighted by Crippen LogP contribution is -2.31. The Labute approximate surface area is 130 Å². The van der Waals surface area contributed by atoms with Crippen LogP contribution in [0.25, 0.3) is 0 Å². The first kappa shape index (κ1) is 15.2. The molecule has 1 amide bonds. The predicted octanol–water partition coefficient (Wildman–Crippen LogP) is 2.44. The highest BCUT2D eigenvalue weighted by Gasteiger charge is 2.20. The van der Waals surface area contributed by atoms with Crippen molar-refractivity contribution in [2.75, 3.05) is 6.54 Å². The fourth-order valence-corrected chi connectivity index (χ4v) is 2.23. The van der Waals surface area contributed by atoms with E-state index in [9.17, 15) is 14.7 Å². The van der Waals surface area contributed by atoms with Gasteiger partial charge in [-0.25, -0.2) is 0 Å². The van der Waals surface area contributed by atoms with Crippen molar-refractivity contribution in [2.45, 2.75) is 5.92 Å². The number of halogens is 1. The van der Waals surface area contributed by atoms with E-state index in [2.05, 4.69) is 26.2 Å². The molecular weight excluding hydrogens is 336 g/mol. The van der Waals surface area contributed by atoms with Gasteiger partial charge < -0.3 is 10.4 Å². The zero-order chi connectivity index (χ0) is 15.2. The van der Waals surface area contributed by atoms with Crippen LogP contribution in [0.3, 0.4) is 0 Å². The van der Waals surface area contributed by atoms with E-state index in [0.717, 1.165) is 0 Å². The van der Waals surface area contributed by atoms with Gasteiger partial charge in [0, 0.05) is 23.4 Å². The first-order valence-electron chi connectivity index (χ1n) is 6.24. The molecule has 0 bridgehead atoms. The molecule has 2 rings (SSSR count). The molecule has 5 nitrogen and oxygen atoms in total. The molecule has 6 heteroatoms. The monoisotopic (exact) mass is 348 g/mol. The Morgan fingerprint density at radius 1 is 1.24 bits per heavy atom. The van der Waals surface area contributed by atoms with Gasteiger partial charge in [0.25, 0.3) is 5.91 Å². The molecule has 1 atom stereocenters. The Hall–Kier alpha value is -2.21. The molecule has 0 saturated heterocycles. The van der Waals surface area contributed by atoms with Crippen LogP contribution in [0.1, 0.15) is 21.8 Å². The molecule has 21 heavy (non-hydrogen) atoms. The van der Waals surface area contributed by atoms with Crippen LogP contribution >= 0.6 is 15.9 Å². The Kier molecular flexibility index (Phi) is 5.05. The molecule has 0 radical (unpaired) electrons. The van der Waals surface area contributed by atoms with Crippen molar-refractivity contribution < 1.29 is 14.7 Å². The van der Waals surface area contributed by atoms with Gasteiger partial charge in [-0.05, 0) is 27.6 Å². The summed E-state index contributed by atoms with van der Waals surface area (Å²) in [5, 5.41) is 11.9. The standard InChI is InChI=1S/C15H13BrN2O3/c16-12-6-11(7-17-8-12)14(19)18-9-13(15(20)21)10-4-2-1-3-5-10/h1-8,13H,9H2,(H,18,19)(H,20,21). The van der Waals surface area contributed by atoms with Crippen molar-refractivity contribution in [1.82, 2.24) is 10.3 Å². The van der Waals surface area contributed by atoms with Crippen LogP contribution < -0.4 is 5.32 Å². The van der Waals surface area contributed by atoms with Crippen molar-refractivity contribution in [3.8, 4) is 0 Å². The molecule has 108 valence electrons. The summed E-state index contributed by atoms with van der Waals surface area (Å²) >= 11 is 3.23. The maximum absolute atomic E-state index is 12.0. The molecule has 1 aromatic heterocycles. The summed E-state index contributed by atoms with van der Waals surface area (Å²) in [7, 11) is 0. The molecule has 0 spiro atoms. The molecule has 0 aliphatic carbocycles. The number of aromatic nitrogens is 1. The van der Waals surface area contributed by atoms with Crippen LogP contribution in [0.2, 0.25) is 0 Å². The highest BCUT2D eigenvalue weighted by Crippen LogP contribution is 2.15. The summed E-state index contributed by atoms with van der Waals surface area (Å²) in [6.45, 7) is 0.0185. The maximum atomic E-state index is 12.0. The van der Waals surface area contributed by atoms with Gasteiger partial charge >= 0.3 is 5.97 Å². The van der Waals surface area contributed by atoms with Crippen molar-refractivity contribution >= 4 is 27.8 Å². The minimum absolute atomic E-state index is 0.0185. The third-order valence-electron chi connectivity index (χ3n) is 2.93. The molecule has 1 unspecified atom stereocenters. The van der Waals surface area contributed by atoms with E-state index >= 15 is 0 Å². The van der Waals surface area contributed by atoms with Gasteiger partial charge in [-0.15, -0.1) is 0 Å². The van der Waals surface area contributed by atoms with E-state index in [1.807, 2.05) is 6.07 Å². The maximum Gasteiger partial charge on any atom is 0.312 e. The zero-order valence-electron chi connectivity index (χ0n) is 11.0. The van der Waals surface area contributed by atoms with Crippen molar-refractivity contribution in [2.24, 2.45) is 0 Å². The van der Waals surface area contributed by atoms with Gasteiger partial charge in [0.2, 0.25) is 0 Å². The molecule has 0 saturated carbocycles. The number of pyridine rings is 1. The van der Waals surface area contributed by atoms with Crippen LogP contribution in [0, 0.1) is 0 Å². The summed E-state index contributed by atoms with van der Waals surface area (Å²) in [5.41, 5.74) is 1.03. The van der Waals surface area contributed by atoms with E-state index in [4.69, 9.17) is 0 Å². The van der Waals surface area contributed by atoms with Gasteiger partial charge in [0.15, 0.2) is 0 Å². The van der Waals surface area contributed by atoms with Crippen LogP contribution in [-0.2, 0) is 4.79 Å². The quantitative estimate of drug-likeness (QED) is 0.869. The number of amides is 1. The number of carboxylic acids is 1.